The highest BCUT2D eigenvalue weighted by atomic mass is 16.5. The first-order valence-electron chi connectivity index (χ1n) is 6.66. The highest BCUT2D eigenvalue weighted by molar-refractivity contribution is 5.37. The highest BCUT2D eigenvalue weighted by Gasteiger charge is 2.22. The molecular formula is C13H21N3O2. The number of hydrogen-bond acceptors (Lipinski definition) is 5. The van der Waals surface area contributed by atoms with Crippen molar-refractivity contribution in [3.63, 3.8) is 0 Å². The molecular weight excluding hydrogens is 230 g/mol. The summed E-state index contributed by atoms with van der Waals surface area (Å²) in [6, 6.07) is 1.79. The number of hydrogen-bond donors (Lipinski definition) is 2. The zero-order valence-electron chi connectivity index (χ0n) is 10.8. The van der Waals surface area contributed by atoms with Crippen LogP contribution in [-0.2, 0) is 0 Å². The van der Waals surface area contributed by atoms with Crippen molar-refractivity contribution in [1.82, 2.24) is 9.97 Å². The Morgan fingerprint density at radius 2 is 2.22 bits per heavy atom. The second kappa shape index (κ2) is 6.54. The van der Waals surface area contributed by atoms with Gasteiger partial charge in [0, 0.05) is 18.5 Å². The molecule has 1 heterocycles. The van der Waals surface area contributed by atoms with Gasteiger partial charge in [0.25, 0.3) is 0 Å². The van der Waals surface area contributed by atoms with Crippen molar-refractivity contribution in [2.45, 2.75) is 38.7 Å². The van der Waals surface area contributed by atoms with Gasteiger partial charge in [-0.25, -0.2) is 9.97 Å². The zero-order chi connectivity index (χ0) is 12.8. The van der Waals surface area contributed by atoms with Gasteiger partial charge in [-0.2, -0.15) is 0 Å². The molecule has 100 valence electrons. The number of nitrogens with one attached hydrogen (secondary N) is 1. The summed E-state index contributed by atoms with van der Waals surface area (Å²) in [6.45, 7) is 3.27. The van der Waals surface area contributed by atoms with Gasteiger partial charge in [-0.05, 0) is 19.8 Å². The second-order valence-corrected chi connectivity index (χ2v) is 4.67. The van der Waals surface area contributed by atoms with Gasteiger partial charge in [0.05, 0.1) is 12.7 Å². The van der Waals surface area contributed by atoms with E-state index in [4.69, 9.17) is 4.74 Å². The molecule has 1 aromatic heterocycles. The van der Waals surface area contributed by atoms with E-state index in [-0.39, 0.29) is 6.10 Å². The number of rotatable bonds is 5. The summed E-state index contributed by atoms with van der Waals surface area (Å²) in [5.74, 6) is 1.66. The van der Waals surface area contributed by atoms with Crippen molar-refractivity contribution in [2.75, 3.05) is 18.5 Å². The number of aliphatic hydroxyl groups excluding tert-OH is 1. The molecule has 0 amide bonds. The van der Waals surface area contributed by atoms with E-state index >= 15 is 0 Å². The standard InChI is InChI=1S/C13H21N3O2/c1-2-18-13-7-12(15-9-16-13)14-8-10-5-3-4-6-11(10)17/h7,9-11,17H,2-6,8H2,1H3,(H,14,15,16). The van der Waals surface area contributed by atoms with Crippen LogP contribution in [0.15, 0.2) is 12.4 Å². The largest absolute Gasteiger partial charge is 0.478 e. The lowest BCUT2D eigenvalue weighted by Gasteiger charge is -2.27. The average molecular weight is 251 g/mol. The van der Waals surface area contributed by atoms with Gasteiger partial charge in [0.2, 0.25) is 5.88 Å². The molecule has 2 N–H and O–H groups in total. The van der Waals surface area contributed by atoms with E-state index in [2.05, 4.69) is 15.3 Å². The average Bonchev–Trinajstić information content (AvgIpc) is 2.39. The first-order chi connectivity index (χ1) is 8.79. The van der Waals surface area contributed by atoms with Crippen LogP contribution in [-0.4, -0.2) is 34.3 Å². The van der Waals surface area contributed by atoms with Crippen LogP contribution in [0.4, 0.5) is 5.82 Å². The molecule has 2 rings (SSSR count). The fraction of sp³-hybridized carbons (Fsp3) is 0.692. The van der Waals surface area contributed by atoms with E-state index in [0.717, 1.165) is 31.6 Å². The minimum atomic E-state index is -0.181. The lowest BCUT2D eigenvalue weighted by atomic mass is 9.86. The molecule has 5 heteroatoms. The van der Waals surface area contributed by atoms with Crippen LogP contribution < -0.4 is 10.1 Å². The maximum absolute atomic E-state index is 9.89. The van der Waals surface area contributed by atoms with Gasteiger partial charge >= 0.3 is 0 Å². The van der Waals surface area contributed by atoms with E-state index in [1.165, 1.54) is 12.7 Å². The predicted molar refractivity (Wildman–Crippen MR) is 69.7 cm³/mol. The Labute approximate surface area is 108 Å². The summed E-state index contributed by atoms with van der Waals surface area (Å²) in [5, 5.41) is 13.1. The predicted octanol–water partition coefficient (Wildman–Crippen LogP) is 1.84. The fourth-order valence-electron chi connectivity index (χ4n) is 2.32. The summed E-state index contributed by atoms with van der Waals surface area (Å²) in [4.78, 5) is 8.16. The van der Waals surface area contributed by atoms with Crippen LogP contribution in [0.3, 0.4) is 0 Å². The van der Waals surface area contributed by atoms with Gasteiger partial charge in [-0.3, -0.25) is 0 Å². The molecule has 1 aromatic rings. The molecule has 0 bridgehead atoms. The first-order valence-corrected chi connectivity index (χ1v) is 6.66. The quantitative estimate of drug-likeness (QED) is 0.835. The van der Waals surface area contributed by atoms with E-state index < -0.39 is 0 Å². The van der Waals surface area contributed by atoms with Gasteiger partial charge in [-0.1, -0.05) is 12.8 Å². The Morgan fingerprint density at radius 1 is 1.39 bits per heavy atom. The monoisotopic (exact) mass is 251 g/mol. The Bertz CT molecular complexity index is 373. The molecule has 18 heavy (non-hydrogen) atoms. The molecule has 1 aliphatic rings. The minimum Gasteiger partial charge on any atom is -0.478 e. The molecule has 2 unspecified atom stereocenters. The smallest absolute Gasteiger partial charge is 0.218 e. The maximum Gasteiger partial charge on any atom is 0.218 e. The van der Waals surface area contributed by atoms with Crippen molar-refractivity contribution in [3.05, 3.63) is 12.4 Å². The fourth-order valence-corrected chi connectivity index (χ4v) is 2.32. The SMILES string of the molecule is CCOc1cc(NCC2CCCCC2O)ncn1. The summed E-state index contributed by atoms with van der Waals surface area (Å²) < 4.78 is 5.32. The van der Waals surface area contributed by atoms with Crippen molar-refractivity contribution in [2.24, 2.45) is 5.92 Å². The van der Waals surface area contributed by atoms with Gasteiger partial charge in [0.1, 0.15) is 12.1 Å². The Balaban J connectivity index is 1.87. The highest BCUT2D eigenvalue weighted by Crippen LogP contribution is 2.24. The summed E-state index contributed by atoms with van der Waals surface area (Å²) >= 11 is 0. The van der Waals surface area contributed by atoms with Gasteiger partial charge in [-0.15, -0.1) is 0 Å². The molecule has 1 aliphatic carbocycles. The third-order valence-electron chi connectivity index (χ3n) is 3.35. The summed E-state index contributed by atoms with van der Waals surface area (Å²) in [7, 11) is 0. The number of anilines is 1. The van der Waals surface area contributed by atoms with Crippen molar-refractivity contribution in [1.29, 1.82) is 0 Å². The van der Waals surface area contributed by atoms with E-state index in [0.29, 0.717) is 18.4 Å². The number of aromatic nitrogens is 2. The molecule has 0 radical (unpaired) electrons. The van der Waals surface area contributed by atoms with Crippen LogP contribution in [0.2, 0.25) is 0 Å². The molecule has 0 aliphatic heterocycles. The van der Waals surface area contributed by atoms with Crippen molar-refractivity contribution < 1.29 is 9.84 Å². The van der Waals surface area contributed by atoms with E-state index in [9.17, 15) is 5.11 Å². The van der Waals surface area contributed by atoms with E-state index in [1.54, 1.807) is 6.07 Å². The second-order valence-electron chi connectivity index (χ2n) is 4.67. The molecule has 1 saturated carbocycles. The molecule has 2 atom stereocenters. The first kappa shape index (κ1) is 13.1. The lowest BCUT2D eigenvalue weighted by Crippen LogP contribution is -2.30. The van der Waals surface area contributed by atoms with Gasteiger partial charge < -0.3 is 15.2 Å². The third kappa shape index (κ3) is 3.57. The Hall–Kier alpha value is -1.36. The molecule has 5 nitrogen and oxygen atoms in total. The molecule has 1 fully saturated rings. The van der Waals surface area contributed by atoms with Crippen LogP contribution in [0.25, 0.3) is 0 Å². The topological polar surface area (TPSA) is 67.3 Å². The summed E-state index contributed by atoms with van der Waals surface area (Å²) in [6.07, 6.45) is 5.65. The van der Waals surface area contributed by atoms with Gasteiger partial charge in [0.15, 0.2) is 0 Å². The number of aliphatic hydroxyl groups is 1. The number of nitrogens with zero attached hydrogens (tertiary/aromatic N) is 2. The summed E-state index contributed by atoms with van der Waals surface area (Å²) in [5.41, 5.74) is 0. The number of ether oxygens (including phenoxy) is 1. The van der Waals surface area contributed by atoms with Crippen LogP contribution >= 0.6 is 0 Å². The molecule has 0 saturated heterocycles. The maximum atomic E-state index is 9.89. The van der Waals surface area contributed by atoms with Crippen LogP contribution in [0, 0.1) is 5.92 Å². The zero-order valence-corrected chi connectivity index (χ0v) is 10.8. The lowest BCUT2D eigenvalue weighted by molar-refractivity contribution is 0.0763. The van der Waals surface area contributed by atoms with Crippen LogP contribution in [0.1, 0.15) is 32.6 Å². The van der Waals surface area contributed by atoms with E-state index in [1.807, 2.05) is 6.92 Å². The third-order valence-corrected chi connectivity index (χ3v) is 3.35. The van der Waals surface area contributed by atoms with Crippen molar-refractivity contribution >= 4 is 5.82 Å². The molecule has 0 spiro atoms. The minimum absolute atomic E-state index is 0.181. The normalized spacial score (nSPS) is 23.7. The van der Waals surface area contributed by atoms with Crippen LogP contribution in [0.5, 0.6) is 5.88 Å². The molecule has 0 aromatic carbocycles. The Morgan fingerprint density at radius 3 is 3.00 bits per heavy atom. The Kier molecular flexibility index (Phi) is 4.75. The van der Waals surface area contributed by atoms with Crippen molar-refractivity contribution in [3.8, 4) is 5.88 Å².